The van der Waals surface area contributed by atoms with Crippen molar-refractivity contribution in [3.05, 3.63) is 11.9 Å². The highest BCUT2D eigenvalue weighted by Crippen LogP contribution is 2.29. The molecule has 0 saturated heterocycles. The van der Waals surface area contributed by atoms with Gasteiger partial charge in [0, 0.05) is 12.1 Å². The van der Waals surface area contributed by atoms with E-state index in [0.29, 0.717) is 0 Å². The molecule has 0 bridgehead atoms. The minimum Gasteiger partial charge on any atom is -0.369 e. The van der Waals surface area contributed by atoms with Gasteiger partial charge in [-0.2, -0.15) is 0 Å². The second kappa shape index (κ2) is 7.43. The summed E-state index contributed by atoms with van der Waals surface area (Å²) in [7, 11) is 0. The second-order valence-electron chi connectivity index (χ2n) is 5.96. The summed E-state index contributed by atoms with van der Waals surface area (Å²) in [5.41, 5.74) is 3.77. The van der Waals surface area contributed by atoms with E-state index in [9.17, 15) is 0 Å². The molecule has 0 amide bonds. The average molecular weight is 277 g/mol. The van der Waals surface area contributed by atoms with Crippen LogP contribution in [0.5, 0.6) is 0 Å². The van der Waals surface area contributed by atoms with Crippen LogP contribution in [0.4, 0.5) is 11.6 Å². The van der Waals surface area contributed by atoms with E-state index in [-0.39, 0.29) is 0 Å². The first-order valence-corrected chi connectivity index (χ1v) is 7.79. The number of hydrogen-bond donors (Lipinski definition) is 3. The number of nitrogens with one attached hydrogen (secondary N) is 2. The lowest BCUT2D eigenvalue weighted by atomic mass is 9.82. The van der Waals surface area contributed by atoms with Crippen molar-refractivity contribution < 1.29 is 0 Å². The van der Waals surface area contributed by atoms with Crippen LogP contribution in [0.25, 0.3) is 0 Å². The minimum atomic E-state index is 0.737. The number of anilines is 2. The maximum absolute atomic E-state index is 5.54. The van der Waals surface area contributed by atoms with Gasteiger partial charge in [-0.3, -0.25) is 0 Å². The molecular formula is C15H27N5. The first-order chi connectivity index (χ1) is 9.74. The van der Waals surface area contributed by atoms with Crippen LogP contribution in [0.1, 0.15) is 51.5 Å². The summed E-state index contributed by atoms with van der Waals surface area (Å²) in [6, 6.07) is 0. The monoisotopic (exact) mass is 277 g/mol. The number of hydrogen-bond acceptors (Lipinski definition) is 5. The lowest BCUT2D eigenvalue weighted by Crippen LogP contribution is -2.22. The van der Waals surface area contributed by atoms with E-state index in [4.69, 9.17) is 5.84 Å². The lowest BCUT2D eigenvalue weighted by Gasteiger charge is -2.27. The van der Waals surface area contributed by atoms with Gasteiger partial charge in [-0.25, -0.2) is 15.8 Å². The Balaban J connectivity index is 2.01. The quantitative estimate of drug-likeness (QED) is 0.550. The van der Waals surface area contributed by atoms with Gasteiger partial charge in [0.15, 0.2) is 0 Å². The van der Waals surface area contributed by atoms with Crippen molar-refractivity contribution in [1.82, 2.24) is 9.97 Å². The van der Waals surface area contributed by atoms with Crippen molar-refractivity contribution in [2.24, 2.45) is 17.7 Å². The van der Waals surface area contributed by atoms with Crippen molar-refractivity contribution in [2.45, 2.75) is 52.4 Å². The molecule has 2 unspecified atom stereocenters. The lowest BCUT2D eigenvalue weighted by molar-refractivity contribution is 0.293. The highest BCUT2D eigenvalue weighted by molar-refractivity contribution is 5.56. The van der Waals surface area contributed by atoms with Crippen molar-refractivity contribution in [3.63, 3.8) is 0 Å². The average Bonchev–Trinajstić information content (AvgIpc) is 2.46. The summed E-state index contributed by atoms with van der Waals surface area (Å²) >= 11 is 0. The van der Waals surface area contributed by atoms with Crippen LogP contribution >= 0.6 is 0 Å². The zero-order chi connectivity index (χ0) is 14.4. The molecule has 4 N–H and O–H groups in total. The smallest absolute Gasteiger partial charge is 0.148 e. The molecule has 1 aromatic heterocycles. The predicted molar refractivity (Wildman–Crippen MR) is 83.4 cm³/mol. The normalized spacial score (nSPS) is 22.6. The molecule has 0 aromatic carbocycles. The summed E-state index contributed by atoms with van der Waals surface area (Å²) in [6.45, 7) is 5.51. The largest absolute Gasteiger partial charge is 0.369 e. The van der Waals surface area contributed by atoms with Gasteiger partial charge in [0.2, 0.25) is 0 Å². The van der Waals surface area contributed by atoms with E-state index in [1.165, 1.54) is 25.7 Å². The molecule has 0 aliphatic heterocycles. The van der Waals surface area contributed by atoms with Crippen LogP contribution in [0, 0.1) is 11.8 Å². The zero-order valence-electron chi connectivity index (χ0n) is 12.7. The van der Waals surface area contributed by atoms with Crippen LogP contribution < -0.4 is 16.6 Å². The number of rotatable bonds is 6. The Labute approximate surface area is 121 Å². The Morgan fingerprint density at radius 1 is 1.30 bits per heavy atom. The maximum Gasteiger partial charge on any atom is 0.148 e. The highest BCUT2D eigenvalue weighted by atomic mass is 15.3. The molecule has 112 valence electrons. The molecule has 1 aliphatic rings. The minimum absolute atomic E-state index is 0.737. The van der Waals surface area contributed by atoms with Crippen LogP contribution in [0.15, 0.2) is 6.33 Å². The number of aromatic nitrogens is 2. The Morgan fingerprint density at radius 2 is 2.10 bits per heavy atom. The topological polar surface area (TPSA) is 75.9 Å². The number of nitrogen functional groups attached to an aromatic ring is 1. The fourth-order valence-corrected chi connectivity index (χ4v) is 3.16. The number of hydrazine groups is 1. The molecule has 1 heterocycles. The molecule has 5 nitrogen and oxygen atoms in total. The van der Waals surface area contributed by atoms with Gasteiger partial charge in [0.05, 0.1) is 0 Å². The van der Waals surface area contributed by atoms with Crippen molar-refractivity contribution in [2.75, 3.05) is 17.3 Å². The third kappa shape index (κ3) is 3.82. The van der Waals surface area contributed by atoms with E-state index in [2.05, 4.69) is 34.6 Å². The summed E-state index contributed by atoms with van der Waals surface area (Å²) in [5, 5.41) is 3.52. The van der Waals surface area contributed by atoms with E-state index < -0.39 is 0 Å². The van der Waals surface area contributed by atoms with Gasteiger partial charge in [0.25, 0.3) is 0 Å². The number of nitrogens with two attached hydrogens (primary N) is 1. The van der Waals surface area contributed by atoms with Gasteiger partial charge in [-0.1, -0.05) is 33.1 Å². The summed E-state index contributed by atoms with van der Waals surface area (Å²) < 4.78 is 0. The Bertz CT molecular complexity index is 421. The Kier molecular flexibility index (Phi) is 5.59. The molecule has 1 fully saturated rings. The molecular weight excluding hydrogens is 250 g/mol. The fraction of sp³-hybridized carbons (Fsp3) is 0.733. The molecule has 2 atom stereocenters. The van der Waals surface area contributed by atoms with E-state index >= 15 is 0 Å². The Morgan fingerprint density at radius 3 is 2.80 bits per heavy atom. The van der Waals surface area contributed by atoms with Crippen LogP contribution in [-0.4, -0.2) is 16.5 Å². The van der Waals surface area contributed by atoms with Crippen LogP contribution in [0.2, 0.25) is 0 Å². The van der Waals surface area contributed by atoms with Crippen molar-refractivity contribution in [3.8, 4) is 0 Å². The molecule has 1 saturated carbocycles. The van der Waals surface area contributed by atoms with E-state index in [1.807, 2.05) is 0 Å². The third-order valence-corrected chi connectivity index (χ3v) is 4.19. The van der Waals surface area contributed by atoms with Gasteiger partial charge in [-0.05, 0) is 31.1 Å². The van der Waals surface area contributed by atoms with E-state index in [0.717, 1.165) is 48.4 Å². The fourth-order valence-electron chi connectivity index (χ4n) is 3.16. The third-order valence-electron chi connectivity index (χ3n) is 4.19. The summed E-state index contributed by atoms with van der Waals surface area (Å²) in [6.07, 6.45) is 8.94. The van der Waals surface area contributed by atoms with Gasteiger partial charge < -0.3 is 10.7 Å². The van der Waals surface area contributed by atoms with Crippen molar-refractivity contribution >= 4 is 11.6 Å². The highest BCUT2D eigenvalue weighted by Gasteiger charge is 2.19. The molecule has 0 radical (unpaired) electrons. The van der Waals surface area contributed by atoms with Crippen LogP contribution in [-0.2, 0) is 6.42 Å². The van der Waals surface area contributed by atoms with Crippen molar-refractivity contribution in [1.29, 1.82) is 0 Å². The first kappa shape index (κ1) is 15.0. The maximum atomic E-state index is 5.54. The predicted octanol–water partition coefficient (Wildman–Crippen LogP) is 2.95. The second-order valence-corrected chi connectivity index (χ2v) is 5.96. The molecule has 5 heteroatoms. The molecule has 2 rings (SSSR count). The standard InChI is InChI=1S/C15H27N5/c1-3-5-13-14(18-10-19-15(13)20-16)17-9-12-7-4-6-11(2)8-12/h10-12H,3-9,16H2,1-2H3,(H2,17,18,19,20). The number of nitrogens with zero attached hydrogens (tertiary/aromatic N) is 2. The SMILES string of the molecule is CCCc1c(NN)ncnc1NCC1CCCC(C)C1. The molecule has 0 spiro atoms. The zero-order valence-corrected chi connectivity index (χ0v) is 12.7. The van der Waals surface area contributed by atoms with Gasteiger partial charge >= 0.3 is 0 Å². The Hall–Kier alpha value is -1.36. The summed E-state index contributed by atoms with van der Waals surface area (Å²) in [4.78, 5) is 8.59. The van der Waals surface area contributed by atoms with E-state index in [1.54, 1.807) is 6.33 Å². The molecule has 1 aromatic rings. The molecule has 1 aliphatic carbocycles. The van der Waals surface area contributed by atoms with Gasteiger partial charge in [-0.15, -0.1) is 0 Å². The summed E-state index contributed by atoms with van der Waals surface area (Å²) in [5.74, 6) is 8.83. The van der Waals surface area contributed by atoms with Crippen LogP contribution in [0.3, 0.4) is 0 Å². The first-order valence-electron chi connectivity index (χ1n) is 7.79. The molecule has 20 heavy (non-hydrogen) atoms. The van der Waals surface area contributed by atoms with Gasteiger partial charge in [0.1, 0.15) is 18.0 Å².